The summed E-state index contributed by atoms with van der Waals surface area (Å²) in [5.41, 5.74) is 2.23. The number of nitrogens with one attached hydrogen (secondary N) is 2. The molecule has 0 aromatic carbocycles. The summed E-state index contributed by atoms with van der Waals surface area (Å²) in [6, 6.07) is 7.74. The minimum Gasteiger partial charge on any atom is -0.356 e. The summed E-state index contributed by atoms with van der Waals surface area (Å²) >= 11 is 0. The summed E-state index contributed by atoms with van der Waals surface area (Å²) in [4.78, 5) is 33.9. The zero-order valence-electron chi connectivity index (χ0n) is 14.7. The summed E-state index contributed by atoms with van der Waals surface area (Å²) in [5.74, 6) is 0.825. The van der Waals surface area contributed by atoms with Gasteiger partial charge in [0.2, 0.25) is 5.91 Å². The van der Waals surface area contributed by atoms with E-state index in [1.165, 1.54) is 0 Å². The molecule has 6 heteroatoms. The molecule has 0 unspecified atom stereocenters. The molecule has 1 amide bonds. The average molecular weight is 340 g/mol. The van der Waals surface area contributed by atoms with Crippen LogP contribution in [0.3, 0.4) is 0 Å². The Labute approximate surface area is 147 Å². The number of hydrogen-bond acceptors (Lipinski definition) is 4. The van der Waals surface area contributed by atoms with Crippen molar-refractivity contribution < 1.29 is 4.79 Å². The Morgan fingerprint density at radius 1 is 1.40 bits per heavy atom. The van der Waals surface area contributed by atoms with E-state index in [9.17, 15) is 9.59 Å². The Morgan fingerprint density at radius 3 is 2.96 bits per heavy atom. The lowest BCUT2D eigenvalue weighted by Crippen LogP contribution is -2.43. The maximum absolute atomic E-state index is 12.6. The van der Waals surface area contributed by atoms with Crippen LogP contribution in [0, 0.1) is 19.8 Å². The highest BCUT2D eigenvalue weighted by Crippen LogP contribution is 2.21. The van der Waals surface area contributed by atoms with Gasteiger partial charge in [0, 0.05) is 37.1 Å². The number of pyridine rings is 2. The molecule has 0 radical (unpaired) electrons. The molecule has 2 aromatic heterocycles. The number of carbonyl (C=O) groups excluding carboxylic acids is 1. The molecular weight excluding hydrogens is 316 g/mol. The number of rotatable bonds is 4. The first-order valence-corrected chi connectivity index (χ1v) is 8.67. The number of aromatic amines is 1. The van der Waals surface area contributed by atoms with Gasteiger partial charge in [-0.25, -0.2) is 4.98 Å². The molecule has 1 fully saturated rings. The van der Waals surface area contributed by atoms with Crippen LogP contribution in [0.5, 0.6) is 0 Å². The molecule has 0 bridgehead atoms. The molecule has 2 aromatic rings. The van der Waals surface area contributed by atoms with Crippen molar-refractivity contribution in [1.82, 2.24) is 15.3 Å². The van der Waals surface area contributed by atoms with Crippen molar-refractivity contribution >= 4 is 11.7 Å². The Kier molecular flexibility index (Phi) is 5.16. The van der Waals surface area contributed by atoms with Crippen molar-refractivity contribution in [2.75, 3.05) is 18.0 Å². The number of carbonyl (C=O) groups is 1. The highest BCUT2D eigenvalue weighted by Gasteiger charge is 2.26. The van der Waals surface area contributed by atoms with Crippen molar-refractivity contribution in [3.63, 3.8) is 0 Å². The second kappa shape index (κ2) is 7.51. The highest BCUT2D eigenvalue weighted by atomic mass is 16.2. The predicted octanol–water partition coefficient (Wildman–Crippen LogP) is 1.92. The van der Waals surface area contributed by atoms with Gasteiger partial charge in [0.15, 0.2) is 0 Å². The van der Waals surface area contributed by atoms with E-state index in [1.54, 1.807) is 6.20 Å². The zero-order valence-corrected chi connectivity index (χ0v) is 14.7. The lowest BCUT2D eigenvalue weighted by Gasteiger charge is -2.32. The van der Waals surface area contributed by atoms with Crippen LogP contribution in [0.2, 0.25) is 0 Å². The maximum atomic E-state index is 12.6. The van der Waals surface area contributed by atoms with Gasteiger partial charge in [0.05, 0.1) is 5.92 Å². The quantitative estimate of drug-likeness (QED) is 0.891. The van der Waals surface area contributed by atoms with Crippen molar-refractivity contribution in [3.8, 4) is 0 Å². The summed E-state index contributed by atoms with van der Waals surface area (Å²) in [7, 11) is 0. The van der Waals surface area contributed by atoms with E-state index in [2.05, 4.69) is 20.2 Å². The lowest BCUT2D eigenvalue weighted by atomic mass is 9.97. The third-order valence-corrected chi connectivity index (χ3v) is 4.70. The molecule has 1 atom stereocenters. The van der Waals surface area contributed by atoms with E-state index >= 15 is 0 Å². The first-order valence-electron chi connectivity index (χ1n) is 8.67. The van der Waals surface area contributed by atoms with Crippen LogP contribution in [0.1, 0.15) is 29.7 Å². The van der Waals surface area contributed by atoms with E-state index < -0.39 is 0 Å². The van der Waals surface area contributed by atoms with Crippen LogP contribution in [-0.2, 0) is 11.3 Å². The molecule has 2 N–H and O–H groups in total. The molecule has 0 spiro atoms. The van der Waals surface area contributed by atoms with Crippen molar-refractivity contribution in [2.24, 2.45) is 5.92 Å². The molecule has 0 aliphatic carbocycles. The Balaban J connectivity index is 1.63. The zero-order chi connectivity index (χ0) is 17.8. The van der Waals surface area contributed by atoms with E-state index in [4.69, 9.17) is 0 Å². The predicted molar refractivity (Wildman–Crippen MR) is 97.6 cm³/mol. The lowest BCUT2D eigenvalue weighted by molar-refractivity contribution is -0.125. The third kappa shape index (κ3) is 4.07. The van der Waals surface area contributed by atoms with Gasteiger partial charge in [0.25, 0.3) is 5.56 Å². The number of piperidine rings is 1. The first kappa shape index (κ1) is 17.2. The SMILES string of the molecule is Cc1cc(C)c(CNC(=O)[C@@H]2CCCN(c3ccccn3)C2)c(=O)[nH]1. The van der Waals surface area contributed by atoms with Crippen LogP contribution >= 0.6 is 0 Å². The fourth-order valence-corrected chi connectivity index (χ4v) is 3.36. The molecule has 3 heterocycles. The second-order valence-corrected chi connectivity index (χ2v) is 6.63. The van der Waals surface area contributed by atoms with Gasteiger partial charge in [0.1, 0.15) is 5.82 Å². The smallest absolute Gasteiger partial charge is 0.253 e. The van der Waals surface area contributed by atoms with Gasteiger partial charge in [-0.1, -0.05) is 6.07 Å². The summed E-state index contributed by atoms with van der Waals surface area (Å²) in [5, 5.41) is 2.94. The fraction of sp³-hybridized carbons (Fsp3) is 0.421. The molecule has 0 saturated carbocycles. The van der Waals surface area contributed by atoms with Gasteiger partial charge >= 0.3 is 0 Å². The Hall–Kier alpha value is -2.63. The first-order chi connectivity index (χ1) is 12.0. The maximum Gasteiger partial charge on any atom is 0.253 e. The molecule has 1 aliphatic rings. The molecule has 3 rings (SSSR count). The van der Waals surface area contributed by atoms with Gasteiger partial charge in [-0.2, -0.15) is 0 Å². The standard InChI is InChI=1S/C19H24N4O2/c1-13-10-14(2)22-19(25)16(13)11-21-18(24)15-6-5-9-23(12-15)17-7-3-4-8-20-17/h3-4,7-8,10,15H,5-6,9,11-12H2,1-2H3,(H,21,24)(H,22,25)/t15-/m1/s1. The van der Waals surface area contributed by atoms with Crippen LogP contribution in [0.4, 0.5) is 5.82 Å². The van der Waals surface area contributed by atoms with E-state index in [-0.39, 0.29) is 23.9 Å². The number of aryl methyl sites for hydroxylation is 2. The monoisotopic (exact) mass is 340 g/mol. The van der Waals surface area contributed by atoms with E-state index in [0.717, 1.165) is 36.5 Å². The molecule has 6 nitrogen and oxygen atoms in total. The summed E-state index contributed by atoms with van der Waals surface area (Å²) in [6.45, 7) is 5.59. The van der Waals surface area contributed by atoms with Crippen molar-refractivity contribution in [1.29, 1.82) is 0 Å². The highest BCUT2D eigenvalue weighted by molar-refractivity contribution is 5.79. The third-order valence-electron chi connectivity index (χ3n) is 4.70. The number of nitrogens with zero attached hydrogens (tertiary/aromatic N) is 2. The van der Waals surface area contributed by atoms with Crippen LogP contribution < -0.4 is 15.8 Å². The summed E-state index contributed by atoms with van der Waals surface area (Å²) in [6.07, 6.45) is 3.59. The van der Waals surface area contributed by atoms with Gasteiger partial charge in [-0.05, 0) is 50.5 Å². The Bertz CT molecular complexity index is 801. The molecule has 1 saturated heterocycles. The Morgan fingerprint density at radius 2 is 2.24 bits per heavy atom. The number of anilines is 1. The number of H-pyrrole nitrogens is 1. The fourth-order valence-electron chi connectivity index (χ4n) is 3.36. The average Bonchev–Trinajstić information content (AvgIpc) is 2.61. The largest absolute Gasteiger partial charge is 0.356 e. The van der Waals surface area contributed by atoms with E-state index in [0.29, 0.717) is 12.1 Å². The minimum atomic E-state index is -0.128. The molecule has 132 valence electrons. The molecule has 25 heavy (non-hydrogen) atoms. The van der Waals surface area contributed by atoms with E-state index in [1.807, 2.05) is 38.1 Å². The van der Waals surface area contributed by atoms with Gasteiger partial charge < -0.3 is 15.2 Å². The molecular formula is C19H24N4O2. The van der Waals surface area contributed by atoms with Crippen LogP contribution in [-0.4, -0.2) is 29.0 Å². The number of hydrogen-bond donors (Lipinski definition) is 2. The van der Waals surface area contributed by atoms with Crippen molar-refractivity contribution in [2.45, 2.75) is 33.2 Å². The molecule has 1 aliphatic heterocycles. The topological polar surface area (TPSA) is 78.1 Å². The van der Waals surface area contributed by atoms with Crippen LogP contribution in [0.15, 0.2) is 35.3 Å². The number of amides is 1. The normalized spacial score (nSPS) is 17.4. The van der Waals surface area contributed by atoms with Gasteiger partial charge in [-0.15, -0.1) is 0 Å². The minimum absolute atomic E-state index is 0.00000567. The second-order valence-electron chi connectivity index (χ2n) is 6.63. The van der Waals surface area contributed by atoms with Gasteiger partial charge in [-0.3, -0.25) is 9.59 Å². The van der Waals surface area contributed by atoms with Crippen LogP contribution in [0.25, 0.3) is 0 Å². The number of aromatic nitrogens is 2. The summed E-state index contributed by atoms with van der Waals surface area (Å²) < 4.78 is 0. The van der Waals surface area contributed by atoms with Crippen molar-refractivity contribution in [3.05, 3.63) is 57.6 Å².